The lowest BCUT2D eigenvalue weighted by atomic mass is 11.0. The maximum Gasteiger partial charge on any atom is 0.222 e. The van der Waals surface area contributed by atoms with Gasteiger partial charge < -0.3 is 120 Å². The molecule has 30 heavy (non-hydrogen) atoms. The number of H-pyrrole nitrogens is 5. The molecule has 0 spiro atoms. The van der Waals surface area contributed by atoms with Gasteiger partial charge in [0.05, 0.1) is 26.9 Å². The summed E-state index contributed by atoms with van der Waals surface area (Å²) < 4.78 is 0. The van der Waals surface area contributed by atoms with Crippen LogP contribution in [0.3, 0.4) is 0 Å². The predicted molar refractivity (Wildman–Crippen MR) is 104 cm³/mol. The zero-order valence-electron chi connectivity index (χ0n) is 15.1. The quantitative estimate of drug-likeness (QED) is 0.139. The van der Waals surface area contributed by atoms with Crippen LogP contribution in [0.25, 0.3) is 0 Å². The minimum absolute atomic E-state index is 0. The van der Waals surface area contributed by atoms with E-state index in [-0.39, 0.29) is 120 Å². The van der Waals surface area contributed by atoms with Gasteiger partial charge in [-0.15, -0.1) is 0 Å². The molecule has 0 saturated heterocycles. The molecule has 0 radical (unpaired) electrons. The molecule has 0 aliphatic carbocycles. The van der Waals surface area contributed by atoms with E-state index in [0.717, 1.165) is 0 Å². The summed E-state index contributed by atoms with van der Waals surface area (Å²) in [6.07, 6.45) is 9.47. The molecule has 5 heterocycles. The van der Waals surface area contributed by atoms with E-state index in [1.807, 2.05) is 85.4 Å². The van der Waals surface area contributed by atoms with E-state index in [1.165, 1.54) is 0 Å². The van der Waals surface area contributed by atoms with Crippen LogP contribution in [0.4, 0.5) is 0 Å². The van der Waals surface area contributed by atoms with Gasteiger partial charge in [0.2, 0.25) is 27.6 Å². The molecule has 15 heteroatoms. The van der Waals surface area contributed by atoms with Crippen LogP contribution < -0.4 is 145 Å². The minimum Gasteiger partial charge on any atom is -1.00 e. The van der Waals surface area contributed by atoms with E-state index in [4.69, 9.17) is 0 Å². The average molecular weight is 1070 g/mol. The van der Waals surface area contributed by atoms with Crippen LogP contribution in [0.2, 0.25) is 0 Å². The van der Waals surface area contributed by atoms with E-state index in [9.17, 15) is 0 Å². The van der Waals surface area contributed by atoms with Gasteiger partial charge >= 0.3 is 0 Å². The van der Waals surface area contributed by atoms with Crippen molar-refractivity contribution in [3.63, 3.8) is 0 Å². The molecule has 0 aliphatic heterocycles. The molecule has 170 valence electrons. The number of aromatic nitrogens is 5. The van der Waals surface area contributed by atoms with Crippen molar-refractivity contribution in [2.75, 3.05) is 0 Å². The molecule has 0 atom stereocenters. The van der Waals surface area contributed by atoms with Crippen molar-refractivity contribution < 1.29 is 145 Å². The Morgan fingerprint density at radius 3 is 0.500 bits per heavy atom. The van der Waals surface area contributed by atoms with Gasteiger partial charge in [-0.25, -0.2) is 24.9 Å². The minimum atomic E-state index is 0. The van der Waals surface area contributed by atoms with Gasteiger partial charge in [-0.3, -0.25) is 0 Å². The van der Waals surface area contributed by atoms with Crippen LogP contribution in [0.15, 0.2) is 85.4 Å². The Bertz CT molecular complexity index is 489. The van der Waals surface area contributed by atoms with Crippen molar-refractivity contribution in [2.45, 2.75) is 0 Å². The van der Waals surface area contributed by atoms with Gasteiger partial charge in [0.25, 0.3) is 0 Å². The molecule has 0 unspecified atom stereocenters. The Morgan fingerprint density at radius 2 is 0.467 bits per heavy atom. The zero-order chi connectivity index (χ0) is 17.7. The molecule has 0 aromatic carbocycles. The Labute approximate surface area is 282 Å². The van der Waals surface area contributed by atoms with Crippen molar-refractivity contribution >= 4 is 56.7 Å². The summed E-state index contributed by atoms with van der Waals surface area (Å²) in [7, 11) is 0. The fraction of sp³-hybridized carbons (Fsp3) is 0. The topological polar surface area (TPSA) is 70.7 Å². The van der Waals surface area contributed by atoms with Crippen LogP contribution in [-0.2, 0) is 0 Å². The first-order valence-electron chi connectivity index (χ1n) is 6.91. The van der Waals surface area contributed by atoms with Crippen molar-refractivity contribution in [3.05, 3.63) is 85.4 Å². The third kappa shape index (κ3) is 34.4. The van der Waals surface area contributed by atoms with Crippen molar-refractivity contribution in [2.24, 2.45) is 0 Å². The van der Waals surface area contributed by atoms with Crippen molar-refractivity contribution in [3.8, 4) is 0 Å². The normalized spacial score (nSPS) is 6.67. The Morgan fingerprint density at radius 1 is 0.300 bits per heavy atom. The average Bonchev–Trinajstić information content (AvgIpc) is 3.55. The molecule has 0 aliphatic rings. The Kier molecular flexibility index (Phi) is 53.3. The first-order valence-corrected chi connectivity index (χ1v) is 11.6. The summed E-state index contributed by atoms with van der Waals surface area (Å²) in [4.78, 5) is 14.4. The third-order valence-corrected chi connectivity index (χ3v) is 4.72. The van der Waals surface area contributed by atoms with E-state index < -0.39 is 0 Å². The summed E-state index contributed by atoms with van der Waals surface area (Å²) in [6, 6.07) is 0. The number of halogens is 5. The molecule has 0 fully saturated rings. The second-order valence-electron chi connectivity index (χ2n) is 3.62. The molecule has 5 aromatic rings. The van der Waals surface area contributed by atoms with Crippen LogP contribution in [0.1, 0.15) is 0 Å². The summed E-state index contributed by atoms with van der Waals surface area (Å²) in [6.45, 7) is 0. The second kappa shape index (κ2) is 38.1. The van der Waals surface area contributed by atoms with E-state index in [1.54, 1.807) is 56.7 Å². The van der Waals surface area contributed by atoms with Gasteiger partial charge in [0.15, 0.2) is 31.0 Å². The molecular formula is C15H20I5N5S5. The maximum atomic E-state index is 2.88. The lowest BCUT2D eigenvalue weighted by Crippen LogP contribution is -3.00. The molecule has 0 bridgehead atoms. The predicted octanol–water partition coefficient (Wildman–Crippen LogP) is -12.2. The highest BCUT2D eigenvalue weighted by Crippen LogP contribution is 1.82. The van der Waals surface area contributed by atoms with Crippen molar-refractivity contribution in [1.82, 2.24) is 0 Å². The molecule has 0 amide bonds. The first kappa shape index (κ1) is 42.0. The largest absolute Gasteiger partial charge is 1.00 e. The number of aromatic amines is 5. The van der Waals surface area contributed by atoms with Gasteiger partial charge in [-0.05, 0) is 0 Å². The summed E-state index contributed by atoms with van der Waals surface area (Å²) in [5.74, 6) is 0. The highest BCUT2D eigenvalue weighted by atomic mass is 127. The van der Waals surface area contributed by atoms with Gasteiger partial charge in [0.1, 0.15) is 0 Å². The van der Waals surface area contributed by atoms with Crippen LogP contribution in [0.5, 0.6) is 0 Å². The number of hydrogen-bond donors (Lipinski definition) is 0. The Hall–Kier alpha value is 1.80. The van der Waals surface area contributed by atoms with Gasteiger partial charge in [-0.2, -0.15) is 0 Å². The summed E-state index contributed by atoms with van der Waals surface area (Å²) >= 11 is 8.29. The summed E-state index contributed by atoms with van der Waals surface area (Å²) in [5, 5.41) is 9.93. The molecular weight excluding hydrogens is 1050 g/mol. The van der Waals surface area contributed by atoms with Crippen LogP contribution >= 0.6 is 56.7 Å². The lowest BCUT2D eigenvalue weighted by Gasteiger charge is -1.32. The molecule has 5 N–H and O–H groups in total. The molecule has 0 saturated carbocycles. The van der Waals surface area contributed by atoms with Crippen LogP contribution in [0, 0.1) is 0 Å². The highest BCUT2D eigenvalue weighted by Gasteiger charge is 1.70. The van der Waals surface area contributed by atoms with E-state index in [0.29, 0.717) is 0 Å². The van der Waals surface area contributed by atoms with Crippen molar-refractivity contribution in [1.29, 1.82) is 0 Å². The smallest absolute Gasteiger partial charge is 0.222 e. The second-order valence-corrected chi connectivity index (χ2v) is 7.52. The zero-order valence-corrected chi connectivity index (χ0v) is 30.0. The van der Waals surface area contributed by atoms with E-state index in [2.05, 4.69) is 24.9 Å². The molecule has 5 nitrogen and oxygen atoms in total. The molecule has 5 rings (SSSR count). The van der Waals surface area contributed by atoms with Crippen LogP contribution in [-0.4, -0.2) is 0 Å². The fourth-order valence-electron chi connectivity index (χ4n) is 0.982. The van der Waals surface area contributed by atoms with Gasteiger partial charge in [-0.1, -0.05) is 56.7 Å². The van der Waals surface area contributed by atoms with E-state index >= 15 is 0 Å². The third-order valence-electron chi connectivity index (χ3n) is 1.89. The van der Waals surface area contributed by atoms with Gasteiger partial charge in [0, 0.05) is 0 Å². The number of hydrogen-bond acceptors (Lipinski definition) is 5. The highest BCUT2D eigenvalue weighted by molar-refractivity contribution is 7.08. The monoisotopic (exact) mass is 1060 g/mol. The summed E-state index contributed by atoms with van der Waals surface area (Å²) in [5.41, 5.74) is 9.58. The maximum absolute atomic E-state index is 2.88. The SMILES string of the molecule is [I-].[I-].[I-].[I-].[I-].c1csc[nH+]1.c1csc[nH+]1.c1csc[nH+]1.c1csc[nH+]1.c1csc[nH+]1. The Balaban J connectivity index is -0.0000000833. The number of rotatable bonds is 0. The fourth-order valence-corrected chi connectivity index (χ4v) is 2.95. The molecule has 5 aromatic heterocycles. The number of nitrogens with one attached hydrogen (secondary N) is 5. The number of thiazole rings is 5. The first-order chi connectivity index (χ1) is 12.5. The lowest BCUT2D eigenvalue weighted by molar-refractivity contribution is -0.370. The standard InChI is InChI=1S/5C3H3NS.5HI/c5*1-2-5-3-4-1;;;;;/h5*1-3H;5*1H.